The number of phenols is 3. The Kier molecular flexibility index (Phi) is 32.0. The molecule has 0 fully saturated rings. The van der Waals surface area contributed by atoms with E-state index in [1.165, 1.54) is 23.3 Å². The van der Waals surface area contributed by atoms with Crippen molar-refractivity contribution < 1.29 is 82.9 Å². The number of rotatable bonds is 18. The summed E-state index contributed by atoms with van der Waals surface area (Å²) < 4.78 is 16.7. The Labute approximate surface area is 895 Å². The van der Waals surface area contributed by atoms with Gasteiger partial charge in [0.25, 0.3) is 0 Å². The number of halogens is 1. The van der Waals surface area contributed by atoms with Gasteiger partial charge in [0.15, 0.2) is 5.69 Å². The molecule has 0 amide bonds. The van der Waals surface area contributed by atoms with Gasteiger partial charge in [0.2, 0.25) is 0 Å². The van der Waals surface area contributed by atoms with Gasteiger partial charge in [-0.25, -0.2) is 24.2 Å². The average molecular weight is 2470 g/mol. The zero-order valence-corrected chi connectivity index (χ0v) is 89.5. The monoisotopic (exact) mass is 2470 g/mol. The van der Waals surface area contributed by atoms with Gasteiger partial charge in [-0.2, -0.15) is 0 Å². The molecule has 17 heteroatoms. The van der Waals surface area contributed by atoms with Crippen molar-refractivity contribution in [1.82, 2.24) is 15.0 Å². The number of nitrogens with zero attached hydrogens (tertiary/aromatic N) is 7. The van der Waals surface area contributed by atoms with Crippen molar-refractivity contribution in [3.8, 4) is 149 Å². The summed E-state index contributed by atoms with van der Waals surface area (Å²) in [5, 5.41) is 34.4. The summed E-state index contributed by atoms with van der Waals surface area (Å²) in [5.74, 6) is 0.363. The minimum absolute atomic E-state index is 0. The molecule has 3 aromatic heterocycles. The van der Waals surface area contributed by atoms with Crippen LogP contribution < -0.4 is 0 Å². The Morgan fingerprint density at radius 3 is 0.819 bits per heavy atom. The SMILES string of the molecule is CC(C)(C)c1ccc(O)c(C=Nc2ccccc2-c2nc3c(-c4[c-]cccc4)cc(-c4ccc(-c5ccc(F)cc5)cc4)cc3s2)c1.CC(C)(C)c1ccc(O)c(C=Nc2ccccc2-c2nc3c(-c4[c-]cccc4)cc(-c4ccc(-c5ccccc5)cc4)cc3s2)c1.[C-]#[N+]c1ccc(-c2ccc(-c3cc(-c4[c-]cccc4)c4nc(-c5ccccc5N=Cc5cc(C(C)(C)C)ccc5O)sc4c3)cc2)cc1.[Pt].[Pt].[Pt]. The number of fused-ring (bicyclic) bond motifs is 3. The quantitative estimate of drug-likeness (QED) is 0.0577. The molecule has 0 radical (unpaired) electrons. The predicted octanol–water partition coefficient (Wildman–Crippen LogP) is 35.2. The Morgan fingerprint density at radius 1 is 0.285 bits per heavy atom. The maximum atomic E-state index is 13.5. The molecule has 21 rings (SSSR count). The molecule has 0 aliphatic rings. The molecule has 0 unspecified atom stereocenters. The number of aromatic nitrogens is 3. The topological polar surface area (TPSA) is 141 Å². The normalized spacial score (nSPS) is 11.5. The van der Waals surface area contributed by atoms with Crippen molar-refractivity contribution in [1.29, 1.82) is 0 Å². The van der Waals surface area contributed by atoms with E-state index in [1.807, 2.05) is 182 Å². The molecule has 144 heavy (non-hydrogen) atoms. The van der Waals surface area contributed by atoms with E-state index >= 15 is 0 Å². The van der Waals surface area contributed by atoms with Gasteiger partial charge < -0.3 is 15.3 Å². The van der Waals surface area contributed by atoms with Gasteiger partial charge in [0.1, 0.15) is 38.1 Å². The molecule has 0 spiro atoms. The fraction of sp³-hybridized carbons (Fsp3) is 0.0945. The van der Waals surface area contributed by atoms with Crippen LogP contribution in [0.2, 0.25) is 0 Å². The van der Waals surface area contributed by atoms with Gasteiger partial charge in [-0.15, -0.1) is 142 Å². The number of thiazole rings is 3. The van der Waals surface area contributed by atoms with Crippen LogP contribution in [0.15, 0.2) is 403 Å². The molecule has 18 aromatic carbocycles. The molecule has 0 aliphatic carbocycles. The van der Waals surface area contributed by atoms with Crippen molar-refractivity contribution in [2.75, 3.05) is 0 Å². The van der Waals surface area contributed by atoms with E-state index in [0.717, 1.165) is 185 Å². The minimum Gasteiger partial charge on any atom is -0.507 e. The van der Waals surface area contributed by atoms with E-state index < -0.39 is 0 Å². The second kappa shape index (κ2) is 45.0. The molecule has 21 aromatic rings. The third-order valence-corrected chi connectivity index (χ3v) is 28.0. The van der Waals surface area contributed by atoms with Crippen LogP contribution in [0.3, 0.4) is 0 Å². The first kappa shape index (κ1) is 102. The van der Waals surface area contributed by atoms with Crippen LogP contribution in [0.25, 0.3) is 167 Å². The molecule has 0 bridgehead atoms. The van der Waals surface area contributed by atoms with Crippen LogP contribution in [0, 0.1) is 30.6 Å². The Bertz CT molecular complexity index is 8300. The van der Waals surface area contributed by atoms with Crippen LogP contribution >= 0.6 is 34.0 Å². The van der Waals surface area contributed by atoms with E-state index in [-0.39, 0.29) is 103 Å². The average Bonchev–Trinajstić information content (AvgIpc) is 1.62. The first-order valence-corrected chi connectivity index (χ1v) is 49.0. The fourth-order valence-electron chi connectivity index (χ4n) is 16.9. The predicted molar refractivity (Wildman–Crippen MR) is 589 cm³/mol. The zero-order valence-electron chi connectivity index (χ0n) is 80.2. The Morgan fingerprint density at radius 2 is 0.542 bits per heavy atom. The van der Waals surface area contributed by atoms with Gasteiger partial charge in [-0.3, -0.25) is 15.0 Å². The largest absolute Gasteiger partial charge is 0.507 e. The summed E-state index contributed by atoms with van der Waals surface area (Å²) in [6, 6.07) is 139. The number of hydrogen-bond acceptors (Lipinski definition) is 12. The number of hydrogen-bond donors (Lipinski definition) is 3. The molecule has 716 valence electrons. The van der Waals surface area contributed by atoms with Crippen molar-refractivity contribution in [3.05, 3.63) is 457 Å². The van der Waals surface area contributed by atoms with Gasteiger partial charge >= 0.3 is 0 Å². The summed E-state index contributed by atoms with van der Waals surface area (Å²) in [5.41, 5.74) is 33.1. The van der Waals surface area contributed by atoms with Crippen LogP contribution in [0.1, 0.15) is 95.7 Å². The van der Waals surface area contributed by atoms with E-state index in [0.29, 0.717) is 22.4 Å². The molecule has 3 N–H and O–H groups in total. The zero-order chi connectivity index (χ0) is 97.5. The Balaban J connectivity index is 0.000000153. The maximum Gasteiger partial charge on any atom is 0.187 e. The van der Waals surface area contributed by atoms with E-state index in [1.54, 1.807) is 83.0 Å². The van der Waals surface area contributed by atoms with Crippen molar-refractivity contribution >= 4 is 106 Å². The molecular weight excluding hydrogens is 2370 g/mol. The first-order valence-electron chi connectivity index (χ1n) is 46.6. The smallest absolute Gasteiger partial charge is 0.187 e. The molecule has 0 saturated heterocycles. The number of aliphatic imine (C=N–C) groups is 3. The van der Waals surface area contributed by atoms with Crippen LogP contribution in [0.5, 0.6) is 17.2 Å². The van der Waals surface area contributed by atoms with Gasteiger partial charge in [0.05, 0.1) is 23.6 Å². The van der Waals surface area contributed by atoms with Crippen LogP contribution in [-0.2, 0) is 79.4 Å². The molecule has 10 nitrogen and oxygen atoms in total. The maximum absolute atomic E-state index is 13.5. The first-order chi connectivity index (χ1) is 68.3. The van der Waals surface area contributed by atoms with E-state index in [9.17, 15) is 19.7 Å². The summed E-state index contributed by atoms with van der Waals surface area (Å²) in [6.45, 7) is 26.6. The molecule has 0 saturated carbocycles. The molecular formula is C127H97FN7O3Pt3S3-3. The van der Waals surface area contributed by atoms with Gasteiger partial charge in [0, 0.05) is 146 Å². The number of aromatic hydroxyl groups is 3. The molecule has 0 aliphatic heterocycles. The summed E-state index contributed by atoms with van der Waals surface area (Å²) >= 11 is 4.94. The third-order valence-electron chi connectivity index (χ3n) is 24.9. The van der Waals surface area contributed by atoms with Crippen LogP contribution in [-0.4, -0.2) is 48.9 Å². The minimum atomic E-state index is -0.243. The van der Waals surface area contributed by atoms with Crippen LogP contribution in [0.4, 0.5) is 27.1 Å². The van der Waals surface area contributed by atoms with E-state index in [4.69, 9.17) is 36.5 Å². The number of benzene rings is 18. The second-order valence-corrected chi connectivity index (χ2v) is 40.7. The van der Waals surface area contributed by atoms with E-state index in [2.05, 4.69) is 249 Å². The number of phenolic OH excluding ortho intramolecular Hbond substituents is 3. The standard InChI is InChI=1S/C43H32N3OS.C42H32FN2OS.C42H33N2OS.3Pt/c1-43(2,3)34-20-23-39(47)33(24-34)27-45-38-13-9-8-12-36(38)42-46-41-37(31-10-6-5-7-11-31)25-32(26-40(41)48-42)30-16-14-28(15-17-30)29-18-21-35(44-4)22-19-29;1-42(2,3)33-19-22-38(46)32(23-33)26-44-37-12-8-7-11-35(37)41-45-40-36(30-9-5-4-6-10-30)24-31(25-39(40)47-41)29-15-13-27(14-16-29)28-17-20-34(43)21-18-28;1-42(2,3)34-22-23-38(45)33(24-34)27-43-37-17-11-10-16-35(37)41-44-40-36(31-14-8-5-9-15-31)25-32(26-39(40)46-41)30-20-18-29(19-21-30)28-12-6-4-7-13-28;;;/h5-10,12-27,47H,1-3H3;4-9,11-26,46H,1-3H3;4-14,16-27,45H,1-3H3;;;/q3*-1;;;. The molecule has 0 atom stereocenters. The van der Waals surface area contributed by atoms with Gasteiger partial charge in [-0.1, -0.05) is 291 Å². The van der Waals surface area contributed by atoms with Crippen molar-refractivity contribution in [2.45, 2.75) is 78.6 Å². The fourth-order valence-corrected chi connectivity index (χ4v) is 20.1. The van der Waals surface area contributed by atoms with Crippen molar-refractivity contribution in [2.24, 2.45) is 15.0 Å². The molecule has 3 heterocycles. The number of para-hydroxylation sites is 3. The summed E-state index contributed by atoms with van der Waals surface area (Å²) in [7, 11) is 0. The van der Waals surface area contributed by atoms with Gasteiger partial charge in [-0.05, 0) is 203 Å². The summed E-state index contributed by atoms with van der Waals surface area (Å²) in [4.78, 5) is 33.6. The summed E-state index contributed by atoms with van der Waals surface area (Å²) in [6.07, 6.45) is 5.22. The Hall–Kier alpha value is -14.5. The third kappa shape index (κ3) is 23.5. The second-order valence-electron chi connectivity index (χ2n) is 37.7. The van der Waals surface area contributed by atoms with Crippen molar-refractivity contribution in [3.63, 3.8) is 0 Å².